The summed E-state index contributed by atoms with van der Waals surface area (Å²) in [6.45, 7) is 9.76. The van der Waals surface area contributed by atoms with E-state index in [1.807, 2.05) is 9.80 Å². The van der Waals surface area contributed by atoms with Gasteiger partial charge in [0.15, 0.2) is 11.5 Å². The van der Waals surface area contributed by atoms with E-state index in [0.717, 1.165) is 6.42 Å². The number of carbonyl (C=O) groups excluding carboxylic acids is 2. The normalized spacial score (nSPS) is 17.7. The van der Waals surface area contributed by atoms with Gasteiger partial charge in [-0.25, -0.2) is 0 Å². The van der Waals surface area contributed by atoms with E-state index in [1.54, 1.807) is 18.2 Å². The molecule has 0 spiro atoms. The van der Waals surface area contributed by atoms with Gasteiger partial charge in [-0.2, -0.15) is 0 Å². The molecular weight excluding hydrogens is 332 g/mol. The van der Waals surface area contributed by atoms with Gasteiger partial charge in [-0.15, -0.1) is 0 Å². The van der Waals surface area contributed by atoms with Gasteiger partial charge in [0.1, 0.15) is 13.2 Å². The van der Waals surface area contributed by atoms with Crippen LogP contribution in [-0.4, -0.2) is 61.0 Å². The summed E-state index contributed by atoms with van der Waals surface area (Å²) in [5.74, 6) is 1.46. The quantitative estimate of drug-likeness (QED) is 0.813. The maximum atomic E-state index is 12.9. The van der Waals surface area contributed by atoms with Crippen LogP contribution in [0.4, 0.5) is 0 Å². The van der Waals surface area contributed by atoms with Crippen LogP contribution in [0.1, 0.15) is 44.0 Å². The van der Waals surface area contributed by atoms with Crippen LogP contribution in [0.5, 0.6) is 11.5 Å². The van der Waals surface area contributed by atoms with E-state index >= 15 is 0 Å². The fourth-order valence-electron chi connectivity index (χ4n) is 3.29. The van der Waals surface area contributed by atoms with Crippen LogP contribution in [0, 0.1) is 5.41 Å². The van der Waals surface area contributed by atoms with Crippen molar-refractivity contribution in [2.45, 2.75) is 33.6 Å². The van der Waals surface area contributed by atoms with E-state index in [1.165, 1.54) is 0 Å². The van der Waals surface area contributed by atoms with Gasteiger partial charge in [-0.3, -0.25) is 9.59 Å². The van der Waals surface area contributed by atoms with Crippen LogP contribution < -0.4 is 9.47 Å². The van der Waals surface area contributed by atoms with E-state index in [4.69, 9.17) is 9.47 Å². The van der Waals surface area contributed by atoms with Crippen LogP contribution in [0.15, 0.2) is 18.2 Å². The highest BCUT2D eigenvalue weighted by Gasteiger charge is 2.26. The Labute approximate surface area is 155 Å². The van der Waals surface area contributed by atoms with Crippen LogP contribution in [0.3, 0.4) is 0 Å². The molecule has 1 aromatic rings. The van der Waals surface area contributed by atoms with E-state index in [9.17, 15) is 9.59 Å². The van der Waals surface area contributed by atoms with Gasteiger partial charge in [0.2, 0.25) is 5.91 Å². The number of hydrogen-bond donors (Lipinski definition) is 0. The van der Waals surface area contributed by atoms with Crippen LogP contribution in [0.2, 0.25) is 0 Å². The first-order chi connectivity index (χ1) is 12.3. The molecule has 0 atom stereocenters. The summed E-state index contributed by atoms with van der Waals surface area (Å²) >= 11 is 0. The Bertz CT molecular complexity index is 681. The maximum absolute atomic E-state index is 12.9. The monoisotopic (exact) mass is 360 g/mol. The lowest BCUT2D eigenvalue weighted by atomic mass is 9.91. The highest BCUT2D eigenvalue weighted by Crippen LogP contribution is 2.31. The highest BCUT2D eigenvalue weighted by atomic mass is 16.6. The van der Waals surface area contributed by atoms with Crippen molar-refractivity contribution in [3.05, 3.63) is 23.8 Å². The molecule has 0 aliphatic carbocycles. The third kappa shape index (κ3) is 4.48. The second-order valence-corrected chi connectivity index (χ2v) is 8.12. The Balaban J connectivity index is 1.63. The van der Waals surface area contributed by atoms with Gasteiger partial charge in [0.25, 0.3) is 5.91 Å². The Hall–Kier alpha value is -2.24. The summed E-state index contributed by atoms with van der Waals surface area (Å²) in [6.07, 6.45) is 1.33. The molecule has 0 saturated carbocycles. The van der Waals surface area contributed by atoms with Gasteiger partial charge < -0.3 is 19.3 Å². The number of rotatable bonds is 2. The number of nitrogens with zero attached hydrogens (tertiary/aromatic N) is 2. The number of ether oxygens (including phenoxy) is 2. The number of hydrogen-bond acceptors (Lipinski definition) is 4. The summed E-state index contributed by atoms with van der Waals surface area (Å²) in [5, 5.41) is 0. The van der Waals surface area contributed by atoms with Crippen LogP contribution in [-0.2, 0) is 4.79 Å². The molecule has 0 unspecified atom stereocenters. The SMILES string of the molecule is CC(C)(C)CC(=O)N1CCCN(C(=O)c2ccc3c(c2)OCCO3)CC1. The van der Waals surface area contributed by atoms with Gasteiger partial charge in [-0.05, 0) is 30.0 Å². The van der Waals surface area contributed by atoms with Crippen molar-refractivity contribution in [1.82, 2.24) is 9.80 Å². The zero-order chi connectivity index (χ0) is 18.7. The van der Waals surface area contributed by atoms with Crippen molar-refractivity contribution >= 4 is 11.8 Å². The lowest BCUT2D eigenvalue weighted by Crippen LogP contribution is -2.38. The Morgan fingerprint density at radius 3 is 2.35 bits per heavy atom. The molecule has 2 heterocycles. The van der Waals surface area contributed by atoms with Crippen molar-refractivity contribution < 1.29 is 19.1 Å². The average Bonchev–Trinajstić information content (AvgIpc) is 2.85. The third-order valence-electron chi connectivity index (χ3n) is 4.61. The van der Waals surface area contributed by atoms with Gasteiger partial charge in [-0.1, -0.05) is 20.8 Å². The van der Waals surface area contributed by atoms with E-state index < -0.39 is 0 Å². The molecule has 0 bridgehead atoms. The summed E-state index contributed by atoms with van der Waals surface area (Å²) in [4.78, 5) is 29.1. The molecule has 142 valence electrons. The Morgan fingerprint density at radius 2 is 1.62 bits per heavy atom. The second-order valence-electron chi connectivity index (χ2n) is 8.12. The maximum Gasteiger partial charge on any atom is 0.254 e. The molecule has 6 nitrogen and oxygen atoms in total. The second kappa shape index (κ2) is 7.56. The van der Waals surface area contributed by atoms with Crippen molar-refractivity contribution in [3.63, 3.8) is 0 Å². The molecule has 1 aromatic carbocycles. The minimum atomic E-state index is -0.0237. The summed E-state index contributed by atoms with van der Waals surface area (Å²) in [7, 11) is 0. The van der Waals surface area contributed by atoms with Crippen LogP contribution in [0.25, 0.3) is 0 Å². The van der Waals surface area contributed by atoms with Crippen LogP contribution >= 0.6 is 0 Å². The van der Waals surface area contributed by atoms with E-state index in [0.29, 0.717) is 62.9 Å². The zero-order valence-electron chi connectivity index (χ0n) is 15.9. The predicted molar refractivity (Wildman–Crippen MR) is 98.6 cm³/mol. The molecule has 2 amide bonds. The minimum absolute atomic E-state index is 0.0212. The van der Waals surface area contributed by atoms with E-state index in [2.05, 4.69) is 20.8 Å². The Morgan fingerprint density at radius 1 is 0.962 bits per heavy atom. The Kier molecular flexibility index (Phi) is 5.39. The van der Waals surface area contributed by atoms with Gasteiger partial charge in [0.05, 0.1) is 0 Å². The lowest BCUT2D eigenvalue weighted by molar-refractivity contribution is -0.132. The van der Waals surface area contributed by atoms with Crippen molar-refractivity contribution in [2.24, 2.45) is 5.41 Å². The summed E-state index contributed by atoms with van der Waals surface area (Å²) < 4.78 is 11.1. The third-order valence-corrected chi connectivity index (χ3v) is 4.61. The standard InChI is InChI=1S/C20H28N2O4/c1-20(2,3)14-18(23)21-7-4-8-22(10-9-21)19(24)15-5-6-16-17(13-15)26-12-11-25-16/h5-6,13H,4,7-12,14H2,1-3H3. The first-order valence-electron chi connectivity index (χ1n) is 9.30. The molecule has 0 N–H and O–H groups in total. The molecule has 6 heteroatoms. The molecule has 1 fully saturated rings. The molecule has 2 aliphatic heterocycles. The number of amides is 2. The summed E-state index contributed by atoms with van der Waals surface area (Å²) in [5.41, 5.74) is 0.577. The molecular formula is C20H28N2O4. The number of fused-ring (bicyclic) bond motifs is 1. The number of benzene rings is 1. The number of carbonyl (C=O) groups is 2. The zero-order valence-corrected chi connectivity index (χ0v) is 15.9. The topological polar surface area (TPSA) is 59.1 Å². The molecule has 1 saturated heterocycles. The first-order valence-corrected chi connectivity index (χ1v) is 9.30. The molecule has 0 radical (unpaired) electrons. The fraction of sp³-hybridized carbons (Fsp3) is 0.600. The van der Waals surface area contributed by atoms with Gasteiger partial charge in [0, 0.05) is 38.2 Å². The highest BCUT2D eigenvalue weighted by molar-refractivity contribution is 5.95. The van der Waals surface area contributed by atoms with Gasteiger partial charge >= 0.3 is 0 Å². The van der Waals surface area contributed by atoms with Crippen molar-refractivity contribution in [1.29, 1.82) is 0 Å². The smallest absolute Gasteiger partial charge is 0.254 e. The predicted octanol–water partition coefficient (Wildman–Crippen LogP) is 2.57. The average molecular weight is 360 g/mol. The van der Waals surface area contributed by atoms with Crippen molar-refractivity contribution in [3.8, 4) is 11.5 Å². The minimum Gasteiger partial charge on any atom is -0.486 e. The molecule has 0 aromatic heterocycles. The summed E-state index contributed by atoms with van der Waals surface area (Å²) in [6, 6.07) is 5.33. The lowest BCUT2D eigenvalue weighted by Gasteiger charge is -2.26. The van der Waals surface area contributed by atoms with Crippen molar-refractivity contribution in [2.75, 3.05) is 39.4 Å². The first kappa shape index (κ1) is 18.5. The molecule has 2 aliphatic rings. The fourth-order valence-corrected chi connectivity index (χ4v) is 3.29. The molecule has 3 rings (SSSR count). The largest absolute Gasteiger partial charge is 0.486 e. The van der Waals surface area contributed by atoms with E-state index in [-0.39, 0.29) is 17.2 Å². The molecule has 26 heavy (non-hydrogen) atoms.